The smallest absolute Gasteiger partial charge is 0.245 e. The van der Waals surface area contributed by atoms with E-state index in [1.54, 1.807) is 0 Å². The van der Waals surface area contributed by atoms with Gasteiger partial charge >= 0.3 is 0 Å². The molecule has 1 amide bonds. The number of aryl methyl sites for hydroxylation is 2. The number of hydrogen-bond donors (Lipinski definition) is 1. The Morgan fingerprint density at radius 2 is 2.27 bits per heavy atom. The summed E-state index contributed by atoms with van der Waals surface area (Å²) in [6, 6.07) is 2.07. The monoisotopic (exact) mass is 361 g/mol. The predicted octanol–water partition coefficient (Wildman–Crippen LogP) is 1.27. The number of amides is 1. The lowest BCUT2D eigenvalue weighted by Crippen LogP contribution is -2.33. The van der Waals surface area contributed by atoms with Crippen LogP contribution in [0.25, 0.3) is 0 Å². The van der Waals surface area contributed by atoms with Crippen molar-refractivity contribution in [1.29, 1.82) is 0 Å². The summed E-state index contributed by atoms with van der Waals surface area (Å²) in [5, 5.41) is 11.4. The highest BCUT2D eigenvalue weighted by Crippen LogP contribution is 2.22. The SMILES string of the molecule is COCC(=O)NCC[C@H]1CN(Cc2c(C)noc2C)Cc2ccnn2C1. The molecule has 1 atom stereocenters. The average Bonchev–Trinajstić information content (AvgIpc) is 3.11. The Labute approximate surface area is 153 Å². The zero-order valence-corrected chi connectivity index (χ0v) is 15.7. The number of fused-ring (bicyclic) bond motifs is 1. The standard InChI is InChI=1S/C18H27N5O3/c1-13-17(14(2)26-21-13)11-22-8-15(4-6-19-18(24)12-25-3)9-23-16(10-22)5-7-20-23/h5,7,15H,4,6,8-12H2,1-3H3,(H,19,24)/t15-/m0/s1. The first-order valence-corrected chi connectivity index (χ1v) is 8.97. The van der Waals surface area contributed by atoms with Crippen molar-refractivity contribution in [3.05, 3.63) is 35.0 Å². The number of carbonyl (C=O) groups excluding carboxylic acids is 1. The molecule has 8 nitrogen and oxygen atoms in total. The van der Waals surface area contributed by atoms with Crippen LogP contribution in [0.15, 0.2) is 16.8 Å². The molecule has 3 rings (SSSR count). The number of ether oxygens (including phenoxy) is 1. The van der Waals surface area contributed by atoms with Crippen LogP contribution < -0.4 is 5.32 Å². The van der Waals surface area contributed by atoms with E-state index < -0.39 is 0 Å². The van der Waals surface area contributed by atoms with Gasteiger partial charge in [-0.3, -0.25) is 14.4 Å². The molecule has 0 spiro atoms. The van der Waals surface area contributed by atoms with Crippen molar-refractivity contribution >= 4 is 5.91 Å². The molecule has 0 unspecified atom stereocenters. The normalized spacial score (nSPS) is 17.7. The molecule has 0 saturated heterocycles. The van der Waals surface area contributed by atoms with Gasteiger partial charge in [0.05, 0.1) is 11.4 Å². The first-order chi connectivity index (χ1) is 12.6. The predicted molar refractivity (Wildman–Crippen MR) is 95.3 cm³/mol. The number of hydrogen-bond acceptors (Lipinski definition) is 6. The first kappa shape index (κ1) is 18.6. The fraction of sp³-hybridized carbons (Fsp3) is 0.611. The van der Waals surface area contributed by atoms with Gasteiger partial charge in [0.1, 0.15) is 12.4 Å². The maximum absolute atomic E-state index is 11.6. The summed E-state index contributed by atoms with van der Waals surface area (Å²) < 4.78 is 12.2. The highest BCUT2D eigenvalue weighted by Gasteiger charge is 2.24. The van der Waals surface area contributed by atoms with E-state index in [-0.39, 0.29) is 12.5 Å². The van der Waals surface area contributed by atoms with Gasteiger partial charge in [-0.25, -0.2) is 0 Å². The fourth-order valence-corrected chi connectivity index (χ4v) is 3.47. The van der Waals surface area contributed by atoms with Gasteiger partial charge in [-0.05, 0) is 32.3 Å². The van der Waals surface area contributed by atoms with Gasteiger partial charge in [-0.2, -0.15) is 5.10 Å². The Balaban J connectivity index is 1.65. The van der Waals surface area contributed by atoms with Crippen LogP contribution in [0.2, 0.25) is 0 Å². The molecule has 0 aliphatic carbocycles. The molecule has 142 valence electrons. The van der Waals surface area contributed by atoms with Gasteiger partial charge in [0.15, 0.2) is 0 Å². The van der Waals surface area contributed by atoms with E-state index in [4.69, 9.17) is 9.26 Å². The van der Waals surface area contributed by atoms with Crippen LogP contribution in [0.1, 0.15) is 29.1 Å². The fourth-order valence-electron chi connectivity index (χ4n) is 3.47. The third-order valence-corrected chi connectivity index (χ3v) is 4.85. The zero-order chi connectivity index (χ0) is 18.5. The number of rotatable bonds is 7. The van der Waals surface area contributed by atoms with Crippen LogP contribution in [-0.2, 0) is 29.2 Å². The Kier molecular flexibility index (Phi) is 6.05. The van der Waals surface area contributed by atoms with Gasteiger partial charge in [0.2, 0.25) is 5.91 Å². The Morgan fingerprint density at radius 1 is 1.42 bits per heavy atom. The van der Waals surface area contributed by atoms with Crippen molar-refractivity contribution in [3.8, 4) is 0 Å². The number of nitrogens with zero attached hydrogens (tertiary/aromatic N) is 4. The summed E-state index contributed by atoms with van der Waals surface area (Å²) in [4.78, 5) is 14.0. The van der Waals surface area contributed by atoms with Crippen LogP contribution in [0.4, 0.5) is 0 Å². The summed E-state index contributed by atoms with van der Waals surface area (Å²) in [6.07, 6.45) is 2.75. The lowest BCUT2D eigenvalue weighted by Gasteiger charge is -2.24. The molecule has 0 aromatic carbocycles. The third-order valence-electron chi connectivity index (χ3n) is 4.85. The molecule has 2 aromatic rings. The van der Waals surface area contributed by atoms with E-state index >= 15 is 0 Å². The van der Waals surface area contributed by atoms with Crippen molar-refractivity contribution in [3.63, 3.8) is 0 Å². The van der Waals surface area contributed by atoms with Gasteiger partial charge in [0, 0.05) is 51.6 Å². The molecule has 1 N–H and O–H groups in total. The summed E-state index contributed by atoms with van der Waals surface area (Å²) in [5.41, 5.74) is 3.32. The Hall–Kier alpha value is -2.19. The van der Waals surface area contributed by atoms with E-state index in [1.165, 1.54) is 12.8 Å². The average molecular weight is 361 g/mol. The van der Waals surface area contributed by atoms with Crippen LogP contribution >= 0.6 is 0 Å². The van der Waals surface area contributed by atoms with Gasteiger partial charge in [0.25, 0.3) is 0 Å². The molecule has 1 aliphatic rings. The van der Waals surface area contributed by atoms with Crippen molar-refractivity contribution in [2.75, 3.05) is 26.8 Å². The highest BCUT2D eigenvalue weighted by molar-refractivity contribution is 5.77. The number of aromatic nitrogens is 3. The van der Waals surface area contributed by atoms with Gasteiger partial charge < -0.3 is 14.6 Å². The van der Waals surface area contributed by atoms with Crippen molar-refractivity contribution in [1.82, 2.24) is 25.2 Å². The second-order valence-corrected chi connectivity index (χ2v) is 6.91. The highest BCUT2D eigenvalue weighted by atomic mass is 16.5. The third kappa shape index (κ3) is 4.50. The van der Waals surface area contributed by atoms with Crippen LogP contribution in [-0.4, -0.2) is 52.6 Å². The maximum Gasteiger partial charge on any atom is 0.245 e. The van der Waals surface area contributed by atoms with E-state index in [0.29, 0.717) is 12.5 Å². The Morgan fingerprint density at radius 3 is 3.00 bits per heavy atom. The molecule has 26 heavy (non-hydrogen) atoms. The summed E-state index contributed by atoms with van der Waals surface area (Å²) >= 11 is 0. The van der Waals surface area contributed by atoms with Crippen LogP contribution in [0, 0.1) is 19.8 Å². The van der Waals surface area contributed by atoms with Crippen molar-refractivity contribution < 1.29 is 14.1 Å². The minimum absolute atomic E-state index is 0.0755. The molecule has 3 heterocycles. The minimum Gasteiger partial charge on any atom is -0.375 e. The number of nitrogens with one attached hydrogen (secondary N) is 1. The molecule has 0 radical (unpaired) electrons. The first-order valence-electron chi connectivity index (χ1n) is 8.97. The molecular weight excluding hydrogens is 334 g/mol. The summed E-state index contributed by atoms with van der Waals surface area (Å²) in [7, 11) is 1.52. The topological polar surface area (TPSA) is 85.4 Å². The molecule has 1 aliphatic heterocycles. The minimum atomic E-state index is -0.0755. The lowest BCUT2D eigenvalue weighted by atomic mass is 10.0. The summed E-state index contributed by atoms with van der Waals surface area (Å²) in [6.45, 7) is 8.13. The Bertz CT molecular complexity index is 720. The molecular formula is C18H27N5O3. The van der Waals surface area contributed by atoms with E-state index in [9.17, 15) is 4.79 Å². The molecule has 2 aromatic heterocycles. The zero-order valence-electron chi connectivity index (χ0n) is 15.7. The summed E-state index contributed by atoms with van der Waals surface area (Å²) in [5.74, 6) is 1.21. The second kappa shape index (κ2) is 8.46. The van der Waals surface area contributed by atoms with Gasteiger partial charge in [-0.1, -0.05) is 5.16 Å². The van der Waals surface area contributed by atoms with Gasteiger partial charge in [-0.15, -0.1) is 0 Å². The molecule has 0 saturated carbocycles. The maximum atomic E-state index is 11.6. The second-order valence-electron chi connectivity index (χ2n) is 6.91. The lowest BCUT2D eigenvalue weighted by molar-refractivity contribution is -0.124. The molecule has 0 fully saturated rings. The van der Waals surface area contributed by atoms with Crippen LogP contribution in [0.3, 0.4) is 0 Å². The molecule has 8 heteroatoms. The van der Waals surface area contributed by atoms with Crippen LogP contribution in [0.5, 0.6) is 0 Å². The van der Waals surface area contributed by atoms with E-state index in [1.807, 2.05) is 20.0 Å². The van der Waals surface area contributed by atoms with Crippen molar-refractivity contribution in [2.24, 2.45) is 5.92 Å². The molecule has 0 bridgehead atoms. The van der Waals surface area contributed by atoms with E-state index in [2.05, 4.69) is 31.2 Å². The van der Waals surface area contributed by atoms with Crippen molar-refractivity contribution in [2.45, 2.75) is 39.9 Å². The van der Waals surface area contributed by atoms with E-state index in [0.717, 1.165) is 49.6 Å². The number of methoxy groups -OCH3 is 1. The number of carbonyl (C=O) groups is 1. The quantitative estimate of drug-likeness (QED) is 0.799. The largest absolute Gasteiger partial charge is 0.375 e.